The van der Waals surface area contributed by atoms with Gasteiger partial charge >= 0.3 is 15.5 Å². The second-order valence-electron chi connectivity index (χ2n) is 5.84. The van der Waals surface area contributed by atoms with Gasteiger partial charge < -0.3 is 4.84 Å². The Hall–Kier alpha value is -1.48. The van der Waals surface area contributed by atoms with Gasteiger partial charge in [0.2, 0.25) is 0 Å². The van der Waals surface area contributed by atoms with Crippen molar-refractivity contribution < 1.29 is 26.4 Å². The molecule has 136 valence electrons. The monoisotopic (exact) mass is 386 g/mol. The number of rotatable bonds is 5. The zero-order valence-corrected chi connectivity index (χ0v) is 15.1. The van der Waals surface area contributed by atoms with Crippen LogP contribution >= 0.6 is 11.6 Å². The maximum atomic E-state index is 12.6. The molecular formula is C14H18ClF3N2O3S. The zero-order valence-electron chi connectivity index (χ0n) is 13.5. The molecule has 0 aliphatic carbocycles. The van der Waals surface area contributed by atoms with Crippen LogP contribution in [0.15, 0.2) is 23.4 Å². The molecule has 1 rings (SSSR count). The van der Waals surface area contributed by atoms with Crippen molar-refractivity contribution in [3.05, 3.63) is 28.8 Å². The molecule has 0 amide bonds. The lowest BCUT2D eigenvalue weighted by Crippen LogP contribution is -2.30. The number of hydrogen-bond donors (Lipinski definition) is 1. The first kappa shape index (κ1) is 20.6. The number of nitrogens with zero attached hydrogens (tertiary/aromatic N) is 1. The van der Waals surface area contributed by atoms with Crippen molar-refractivity contribution in [2.75, 3.05) is 4.72 Å². The van der Waals surface area contributed by atoms with Gasteiger partial charge in [-0.25, -0.2) is 0 Å². The van der Waals surface area contributed by atoms with Gasteiger partial charge in [-0.15, -0.1) is 0 Å². The first-order chi connectivity index (χ1) is 10.8. The number of benzene rings is 1. The molecule has 0 atom stereocenters. The minimum atomic E-state index is -5.56. The van der Waals surface area contributed by atoms with Gasteiger partial charge in [-0.2, -0.15) is 21.6 Å². The molecule has 1 N–H and O–H groups in total. The molecule has 0 spiro atoms. The lowest BCUT2D eigenvalue weighted by Gasteiger charge is -2.18. The largest absolute Gasteiger partial charge is 0.516 e. The fraction of sp³-hybridized carbons (Fsp3) is 0.500. The third kappa shape index (κ3) is 5.55. The molecule has 24 heavy (non-hydrogen) atoms. The molecular weight excluding hydrogens is 369 g/mol. The fourth-order valence-corrected chi connectivity index (χ4v) is 2.30. The van der Waals surface area contributed by atoms with Crippen LogP contribution in [0.1, 0.15) is 39.7 Å². The number of nitrogens with one attached hydrogen (secondary N) is 1. The highest BCUT2D eigenvalue weighted by molar-refractivity contribution is 7.93. The number of sulfonamides is 1. The summed E-state index contributed by atoms with van der Waals surface area (Å²) in [4.78, 5) is 5.27. The van der Waals surface area contributed by atoms with Crippen LogP contribution in [0.2, 0.25) is 5.02 Å². The van der Waals surface area contributed by atoms with Gasteiger partial charge in [0.1, 0.15) is 5.60 Å². The van der Waals surface area contributed by atoms with Gasteiger partial charge in [-0.1, -0.05) is 23.7 Å². The van der Waals surface area contributed by atoms with Crippen LogP contribution in [0.5, 0.6) is 0 Å². The Morgan fingerprint density at radius 1 is 1.29 bits per heavy atom. The third-order valence-electron chi connectivity index (χ3n) is 2.61. The molecule has 10 heteroatoms. The lowest BCUT2D eigenvalue weighted by molar-refractivity contribution is -0.0429. The van der Waals surface area contributed by atoms with Crippen molar-refractivity contribution >= 4 is 33.0 Å². The van der Waals surface area contributed by atoms with Crippen LogP contribution in [0, 0.1) is 0 Å². The Kier molecular flexibility index (Phi) is 6.15. The van der Waals surface area contributed by atoms with Gasteiger partial charge in [0.05, 0.1) is 11.4 Å². The van der Waals surface area contributed by atoms with Crippen molar-refractivity contribution in [2.45, 2.75) is 45.2 Å². The topological polar surface area (TPSA) is 67.8 Å². The molecule has 0 unspecified atom stereocenters. The van der Waals surface area contributed by atoms with E-state index >= 15 is 0 Å². The molecule has 0 bridgehead atoms. The second kappa shape index (κ2) is 7.18. The Labute approximate surface area is 143 Å². The highest BCUT2D eigenvalue weighted by atomic mass is 35.5. The van der Waals surface area contributed by atoms with E-state index in [1.54, 1.807) is 27.7 Å². The average Bonchev–Trinajstić information content (AvgIpc) is 2.39. The Bertz CT molecular complexity index is 726. The van der Waals surface area contributed by atoms with E-state index in [9.17, 15) is 21.6 Å². The molecule has 5 nitrogen and oxygen atoms in total. The summed E-state index contributed by atoms with van der Waals surface area (Å²) in [7, 11) is -5.56. The van der Waals surface area contributed by atoms with Crippen LogP contribution < -0.4 is 4.72 Å². The molecule has 0 aromatic heterocycles. The van der Waals surface area contributed by atoms with E-state index in [-0.39, 0.29) is 28.4 Å². The summed E-state index contributed by atoms with van der Waals surface area (Å²) in [5.41, 5.74) is -5.97. The van der Waals surface area contributed by atoms with Crippen LogP contribution in [0.25, 0.3) is 0 Å². The fourth-order valence-electron chi connectivity index (χ4n) is 1.54. The van der Waals surface area contributed by atoms with Gasteiger partial charge in [0, 0.05) is 10.6 Å². The first-order valence-electron chi connectivity index (χ1n) is 6.91. The highest BCUT2D eigenvalue weighted by Gasteiger charge is 2.46. The maximum absolute atomic E-state index is 12.6. The summed E-state index contributed by atoms with van der Waals surface area (Å²) in [6.45, 7) is 6.94. The van der Waals surface area contributed by atoms with Crippen LogP contribution in [-0.2, 0) is 14.9 Å². The number of anilines is 1. The normalized spacial score (nSPS) is 13.8. The Morgan fingerprint density at radius 2 is 1.88 bits per heavy atom. The van der Waals surface area contributed by atoms with Crippen molar-refractivity contribution in [3.8, 4) is 0 Å². The van der Waals surface area contributed by atoms with Crippen molar-refractivity contribution in [1.29, 1.82) is 0 Å². The highest BCUT2D eigenvalue weighted by Crippen LogP contribution is 2.29. The number of hydrogen-bond acceptors (Lipinski definition) is 4. The molecule has 0 aliphatic heterocycles. The number of alkyl halides is 3. The summed E-state index contributed by atoms with van der Waals surface area (Å²) >= 11 is 5.87. The number of halogens is 4. The minimum Gasteiger partial charge on any atom is -0.390 e. The standard InChI is InChI=1S/C14H18ClF3N2O3S/c1-5-11(19-23-13(2,3)4)10-8-9(15)6-7-12(10)20-24(21,22)14(16,17)18/h6-8,20H,5H2,1-4H3. The van der Waals surface area contributed by atoms with Crippen LogP contribution in [0.4, 0.5) is 18.9 Å². The summed E-state index contributed by atoms with van der Waals surface area (Å²) in [5, 5.41) is 4.14. The number of oxime groups is 1. The summed E-state index contributed by atoms with van der Waals surface area (Å²) in [5.74, 6) is 0. The lowest BCUT2D eigenvalue weighted by atomic mass is 10.1. The predicted molar refractivity (Wildman–Crippen MR) is 87.7 cm³/mol. The predicted octanol–water partition coefficient (Wildman–Crippen LogP) is 4.53. The molecule has 0 radical (unpaired) electrons. The van der Waals surface area contributed by atoms with E-state index in [0.29, 0.717) is 0 Å². The molecule has 0 saturated heterocycles. The molecule has 0 fully saturated rings. The molecule has 0 saturated carbocycles. The van der Waals surface area contributed by atoms with Crippen LogP contribution in [-0.4, -0.2) is 25.2 Å². The first-order valence-corrected chi connectivity index (χ1v) is 8.77. The zero-order chi connectivity index (χ0) is 18.8. The molecule has 1 aromatic rings. The van der Waals surface area contributed by atoms with E-state index in [4.69, 9.17) is 16.4 Å². The van der Waals surface area contributed by atoms with Gasteiger partial charge in [-0.05, 0) is 45.4 Å². The van der Waals surface area contributed by atoms with Crippen molar-refractivity contribution in [2.24, 2.45) is 5.16 Å². The Morgan fingerprint density at radius 3 is 2.33 bits per heavy atom. The summed E-state index contributed by atoms with van der Waals surface area (Å²) in [6.07, 6.45) is 0.289. The van der Waals surface area contributed by atoms with Crippen molar-refractivity contribution in [1.82, 2.24) is 0 Å². The van der Waals surface area contributed by atoms with E-state index < -0.39 is 21.1 Å². The molecule has 0 aliphatic rings. The molecule has 0 heterocycles. The van der Waals surface area contributed by atoms with E-state index in [0.717, 1.165) is 6.07 Å². The second-order valence-corrected chi connectivity index (χ2v) is 7.95. The third-order valence-corrected chi connectivity index (χ3v) is 3.94. The maximum Gasteiger partial charge on any atom is 0.516 e. The molecule has 1 aromatic carbocycles. The Balaban J connectivity index is 3.35. The van der Waals surface area contributed by atoms with Crippen LogP contribution in [0.3, 0.4) is 0 Å². The quantitative estimate of drug-likeness (QED) is 0.597. The van der Waals surface area contributed by atoms with Gasteiger partial charge in [0.15, 0.2) is 0 Å². The summed E-state index contributed by atoms with van der Waals surface area (Å²) in [6, 6.07) is 3.74. The smallest absolute Gasteiger partial charge is 0.390 e. The van der Waals surface area contributed by atoms with Gasteiger partial charge in [-0.3, -0.25) is 4.72 Å². The van der Waals surface area contributed by atoms with Gasteiger partial charge in [0.25, 0.3) is 0 Å². The minimum absolute atomic E-state index is 0.113. The van der Waals surface area contributed by atoms with E-state index in [1.807, 2.05) is 0 Å². The van der Waals surface area contributed by atoms with Crippen molar-refractivity contribution in [3.63, 3.8) is 0 Å². The SMILES string of the molecule is CCC(=NOC(C)(C)C)c1cc(Cl)ccc1NS(=O)(=O)C(F)(F)F. The summed E-state index contributed by atoms with van der Waals surface area (Å²) < 4.78 is 62.0. The average molecular weight is 387 g/mol. The van der Waals surface area contributed by atoms with E-state index in [2.05, 4.69) is 5.16 Å². The van der Waals surface area contributed by atoms with E-state index in [1.165, 1.54) is 16.9 Å².